The molecule has 0 aromatic heterocycles. The molecule has 1 fully saturated rings. The Hall–Kier alpha value is -2.54. The second-order valence-corrected chi connectivity index (χ2v) is 10.2. The van der Waals surface area contributed by atoms with Crippen LogP contribution in [-0.4, -0.2) is 38.1 Å². The zero-order valence-corrected chi connectivity index (χ0v) is 18.7. The van der Waals surface area contributed by atoms with E-state index in [0.717, 1.165) is 24.0 Å². The maximum atomic E-state index is 12.5. The van der Waals surface area contributed by atoms with Gasteiger partial charge in [0.2, 0.25) is 0 Å². The van der Waals surface area contributed by atoms with Gasteiger partial charge in [-0.1, -0.05) is 29.8 Å². The fourth-order valence-corrected chi connectivity index (χ4v) is 4.35. The van der Waals surface area contributed by atoms with Crippen molar-refractivity contribution in [3.05, 3.63) is 59.7 Å². The Labute approximate surface area is 178 Å². The van der Waals surface area contributed by atoms with Crippen LogP contribution in [0, 0.1) is 6.92 Å². The van der Waals surface area contributed by atoms with E-state index in [1.165, 1.54) is 12.1 Å². The Morgan fingerprint density at radius 1 is 1.03 bits per heavy atom. The molecule has 3 rings (SSSR count). The molecule has 6 nitrogen and oxygen atoms in total. The van der Waals surface area contributed by atoms with Crippen LogP contribution in [0.2, 0.25) is 0 Å². The summed E-state index contributed by atoms with van der Waals surface area (Å²) in [4.78, 5) is 14.2. The molecule has 1 heterocycles. The number of aryl methyl sites for hydroxylation is 1. The van der Waals surface area contributed by atoms with Crippen LogP contribution in [0.4, 0.5) is 4.79 Å². The van der Waals surface area contributed by atoms with Gasteiger partial charge in [0.25, 0.3) is 0 Å². The molecule has 0 radical (unpaired) electrons. The number of piperidine rings is 1. The molecular formula is C23H29NO5S. The lowest BCUT2D eigenvalue weighted by Crippen LogP contribution is -2.42. The molecule has 0 bridgehead atoms. The van der Waals surface area contributed by atoms with Crippen LogP contribution in [0.15, 0.2) is 53.4 Å². The van der Waals surface area contributed by atoms with Gasteiger partial charge in [-0.2, -0.15) is 8.42 Å². The molecular weight excluding hydrogens is 402 g/mol. The van der Waals surface area contributed by atoms with E-state index in [9.17, 15) is 13.2 Å². The van der Waals surface area contributed by atoms with Gasteiger partial charge in [0.1, 0.15) is 16.2 Å². The maximum Gasteiger partial charge on any atom is 0.410 e. The van der Waals surface area contributed by atoms with E-state index in [1.807, 2.05) is 39.8 Å². The molecule has 1 saturated heterocycles. The van der Waals surface area contributed by atoms with E-state index in [2.05, 4.69) is 0 Å². The number of hydrogen-bond acceptors (Lipinski definition) is 5. The monoisotopic (exact) mass is 431 g/mol. The summed E-state index contributed by atoms with van der Waals surface area (Å²) in [6.45, 7) is 8.73. The summed E-state index contributed by atoms with van der Waals surface area (Å²) in [6, 6.07) is 13.6. The Kier molecular flexibility index (Phi) is 6.41. The van der Waals surface area contributed by atoms with Gasteiger partial charge in [-0.15, -0.1) is 0 Å². The van der Waals surface area contributed by atoms with E-state index in [4.69, 9.17) is 8.92 Å². The molecule has 2 aromatic rings. The molecule has 0 N–H and O–H groups in total. The van der Waals surface area contributed by atoms with Crippen LogP contribution in [0.25, 0.3) is 0 Å². The van der Waals surface area contributed by atoms with E-state index in [-0.39, 0.29) is 22.7 Å². The zero-order chi connectivity index (χ0) is 21.9. The molecule has 1 amide bonds. The first-order valence-corrected chi connectivity index (χ1v) is 11.5. The number of benzene rings is 2. The zero-order valence-electron chi connectivity index (χ0n) is 17.9. The average molecular weight is 432 g/mol. The van der Waals surface area contributed by atoms with E-state index in [0.29, 0.717) is 13.1 Å². The van der Waals surface area contributed by atoms with Crippen LogP contribution in [-0.2, 0) is 14.9 Å². The van der Waals surface area contributed by atoms with E-state index >= 15 is 0 Å². The topological polar surface area (TPSA) is 72.9 Å². The van der Waals surface area contributed by atoms with Crippen molar-refractivity contribution in [2.45, 2.75) is 57.0 Å². The lowest BCUT2D eigenvalue weighted by atomic mass is 9.91. The summed E-state index contributed by atoms with van der Waals surface area (Å²) in [7, 11) is -3.87. The van der Waals surface area contributed by atoms with Gasteiger partial charge < -0.3 is 13.8 Å². The lowest BCUT2D eigenvalue weighted by molar-refractivity contribution is 0.0198. The first kappa shape index (κ1) is 22.2. The van der Waals surface area contributed by atoms with Crippen molar-refractivity contribution in [3.63, 3.8) is 0 Å². The van der Waals surface area contributed by atoms with Crippen molar-refractivity contribution < 1.29 is 22.1 Å². The summed E-state index contributed by atoms with van der Waals surface area (Å²) >= 11 is 0. The molecule has 2 aromatic carbocycles. The predicted octanol–water partition coefficient (Wildman–Crippen LogP) is 4.88. The lowest BCUT2D eigenvalue weighted by Gasteiger charge is -2.34. The molecule has 0 aliphatic carbocycles. The minimum atomic E-state index is -3.87. The van der Waals surface area contributed by atoms with Crippen LogP contribution in [0.5, 0.6) is 5.75 Å². The highest BCUT2D eigenvalue weighted by atomic mass is 32.2. The highest BCUT2D eigenvalue weighted by molar-refractivity contribution is 7.87. The Morgan fingerprint density at radius 2 is 1.67 bits per heavy atom. The first-order valence-electron chi connectivity index (χ1n) is 10.1. The minimum Gasteiger partial charge on any atom is -0.444 e. The van der Waals surface area contributed by atoms with Gasteiger partial charge >= 0.3 is 16.2 Å². The molecule has 162 valence electrons. The Morgan fingerprint density at radius 3 is 2.27 bits per heavy atom. The largest absolute Gasteiger partial charge is 0.444 e. The van der Waals surface area contributed by atoms with Crippen molar-refractivity contribution in [1.29, 1.82) is 0 Å². The van der Waals surface area contributed by atoms with Crippen LogP contribution in [0.3, 0.4) is 0 Å². The number of ether oxygens (including phenoxy) is 1. The average Bonchev–Trinajstić information content (AvgIpc) is 2.67. The number of rotatable bonds is 4. The summed E-state index contributed by atoms with van der Waals surface area (Å²) < 4.78 is 35.7. The number of carbonyl (C=O) groups is 1. The van der Waals surface area contributed by atoms with Crippen molar-refractivity contribution >= 4 is 16.2 Å². The molecule has 0 saturated carbocycles. The normalized spacial score (nSPS) is 17.5. The second kappa shape index (κ2) is 8.68. The number of likely N-dealkylation sites (tertiary alicyclic amines) is 1. The fourth-order valence-electron chi connectivity index (χ4n) is 3.42. The van der Waals surface area contributed by atoms with Gasteiger partial charge in [0.05, 0.1) is 0 Å². The van der Waals surface area contributed by atoms with Gasteiger partial charge in [0, 0.05) is 19.0 Å². The fraction of sp³-hybridized carbons (Fsp3) is 0.435. The molecule has 7 heteroatoms. The van der Waals surface area contributed by atoms with Gasteiger partial charge in [-0.25, -0.2) is 4.79 Å². The Bertz CT molecular complexity index is 976. The van der Waals surface area contributed by atoms with Crippen molar-refractivity contribution in [3.8, 4) is 5.75 Å². The summed E-state index contributed by atoms with van der Waals surface area (Å²) in [5.74, 6) is 0.438. The number of amides is 1. The van der Waals surface area contributed by atoms with Crippen molar-refractivity contribution in [2.24, 2.45) is 0 Å². The minimum absolute atomic E-state index is 0.123. The summed E-state index contributed by atoms with van der Waals surface area (Å²) in [5.41, 5.74) is 1.50. The third kappa shape index (κ3) is 5.75. The van der Waals surface area contributed by atoms with E-state index in [1.54, 1.807) is 29.2 Å². The SMILES string of the molecule is Cc1ccc(S(=O)(=O)Oc2ccc([C@@H]3CCCN(C(=O)OC(C)(C)C)C3)cc2)cc1. The molecule has 0 spiro atoms. The highest BCUT2D eigenvalue weighted by Gasteiger charge is 2.28. The van der Waals surface area contributed by atoms with E-state index < -0.39 is 15.7 Å². The molecule has 30 heavy (non-hydrogen) atoms. The maximum absolute atomic E-state index is 12.5. The summed E-state index contributed by atoms with van der Waals surface area (Å²) in [6.07, 6.45) is 1.56. The van der Waals surface area contributed by atoms with Crippen LogP contribution >= 0.6 is 0 Å². The van der Waals surface area contributed by atoms with Crippen LogP contribution < -0.4 is 4.18 Å². The smallest absolute Gasteiger partial charge is 0.410 e. The summed E-state index contributed by atoms with van der Waals surface area (Å²) in [5, 5.41) is 0. The third-order valence-corrected chi connectivity index (χ3v) is 6.20. The Balaban J connectivity index is 1.66. The highest BCUT2D eigenvalue weighted by Crippen LogP contribution is 2.29. The number of nitrogens with zero attached hydrogens (tertiary/aromatic N) is 1. The van der Waals surface area contributed by atoms with Gasteiger partial charge in [0.15, 0.2) is 0 Å². The van der Waals surface area contributed by atoms with Crippen LogP contribution in [0.1, 0.15) is 50.7 Å². The number of carbonyl (C=O) groups excluding carboxylic acids is 1. The van der Waals surface area contributed by atoms with Crippen molar-refractivity contribution in [1.82, 2.24) is 4.90 Å². The molecule has 1 atom stereocenters. The first-order chi connectivity index (χ1) is 14.0. The number of hydrogen-bond donors (Lipinski definition) is 0. The molecule has 1 aliphatic heterocycles. The molecule has 0 unspecified atom stereocenters. The third-order valence-electron chi connectivity index (χ3n) is 4.94. The quantitative estimate of drug-likeness (QED) is 0.645. The van der Waals surface area contributed by atoms with Gasteiger partial charge in [-0.05, 0) is 70.4 Å². The standard InChI is InChI=1S/C23H29NO5S/c1-17-7-13-21(14-8-17)30(26,27)29-20-11-9-18(10-12-20)19-6-5-15-24(16-19)22(25)28-23(2,3)4/h7-14,19H,5-6,15-16H2,1-4H3/t19-/m1/s1. The molecule has 1 aliphatic rings. The second-order valence-electron chi connectivity index (χ2n) is 8.69. The predicted molar refractivity (Wildman–Crippen MR) is 115 cm³/mol. The van der Waals surface area contributed by atoms with Gasteiger partial charge in [-0.3, -0.25) is 0 Å². The van der Waals surface area contributed by atoms with Crippen molar-refractivity contribution in [2.75, 3.05) is 13.1 Å².